The highest BCUT2D eigenvalue weighted by atomic mass is 79.9. The van der Waals surface area contributed by atoms with Crippen molar-refractivity contribution in [2.75, 3.05) is 25.0 Å². The molecule has 98 valence electrons. The molecule has 0 N–H and O–H groups in total. The first-order valence-electron chi connectivity index (χ1n) is 5.53. The number of alkyl halides is 1. The molecule has 0 aliphatic carbocycles. The summed E-state index contributed by atoms with van der Waals surface area (Å²) in [5.74, 6) is 0.0450. The molecule has 0 spiro atoms. The summed E-state index contributed by atoms with van der Waals surface area (Å²) < 4.78 is 7.29. The second-order valence-electron chi connectivity index (χ2n) is 4.02. The number of halogens is 3. The molecule has 0 bridgehead atoms. The minimum Gasteiger partial charge on any atom is -0.374 e. The molecular weight excluding hydrogens is 430 g/mol. The SMILES string of the molecule is O=C(c1ccc(Br)cc1Br)N1CCOC(CBr)C1. The van der Waals surface area contributed by atoms with E-state index in [2.05, 4.69) is 47.8 Å². The Balaban J connectivity index is 2.15. The predicted molar refractivity (Wildman–Crippen MR) is 81.3 cm³/mol. The molecule has 1 amide bonds. The van der Waals surface area contributed by atoms with Crippen molar-refractivity contribution in [2.24, 2.45) is 0 Å². The lowest BCUT2D eigenvalue weighted by molar-refractivity contribution is -0.00968. The van der Waals surface area contributed by atoms with Crippen molar-refractivity contribution in [1.29, 1.82) is 0 Å². The van der Waals surface area contributed by atoms with Crippen LogP contribution >= 0.6 is 47.8 Å². The van der Waals surface area contributed by atoms with Crippen molar-refractivity contribution in [3.8, 4) is 0 Å². The molecular formula is C12H12Br3NO2. The zero-order chi connectivity index (χ0) is 13.1. The molecule has 3 nitrogen and oxygen atoms in total. The van der Waals surface area contributed by atoms with Crippen molar-refractivity contribution < 1.29 is 9.53 Å². The van der Waals surface area contributed by atoms with E-state index in [0.29, 0.717) is 25.3 Å². The average Bonchev–Trinajstić information content (AvgIpc) is 2.38. The van der Waals surface area contributed by atoms with Crippen LogP contribution in [0.15, 0.2) is 27.1 Å². The molecule has 6 heteroatoms. The van der Waals surface area contributed by atoms with Crippen LogP contribution in [0.4, 0.5) is 0 Å². The summed E-state index contributed by atoms with van der Waals surface area (Å²) in [5.41, 5.74) is 0.688. The fourth-order valence-corrected chi connectivity index (χ4v) is 3.44. The predicted octanol–water partition coefficient (Wildman–Crippen LogP) is 3.45. The number of hydrogen-bond acceptors (Lipinski definition) is 2. The monoisotopic (exact) mass is 439 g/mol. The number of nitrogens with zero attached hydrogens (tertiary/aromatic N) is 1. The van der Waals surface area contributed by atoms with Crippen LogP contribution in [0.3, 0.4) is 0 Å². The maximum absolute atomic E-state index is 12.4. The van der Waals surface area contributed by atoms with Gasteiger partial charge < -0.3 is 9.64 Å². The molecule has 1 aromatic carbocycles. The van der Waals surface area contributed by atoms with Gasteiger partial charge in [0, 0.05) is 27.4 Å². The maximum Gasteiger partial charge on any atom is 0.255 e. The van der Waals surface area contributed by atoms with E-state index >= 15 is 0 Å². The summed E-state index contributed by atoms with van der Waals surface area (Å²) >= 11 is 10.2. The fraction of sp³-hybridized carbons (Fsp3) is 0.417. The zero-order valence-corrected chi connectivity index (χ0v) is 14.3. The molecule has 1 fully saturated rings. The number of benzene rings is 1. The first-order chi connectivity index (χ1) is 8.61. The van der Waals surface area contributed by atoms with Gasteiger partial charge in [-0.2, -0.15) is 0 Å². The van der Waals surface area contributed by atoms with E-state index in [-0.39, 0.29) is 12.0 Å². The van der Waals surface area contributed by atoms with Crippen LogP contribution in [-0.2, 0) is 4.74 Å². The van der Waals surface area contributed by atoms with Gasteiger partial charge in [0.15, 0.2) is 0 Å². The number of carbonyl (C=O) groups excluding carboxylic acids is 1. The highest BCUT2D eigenvalue weighted by Gasteiger charge is 2.25. The molecule has 0 saturated carbocycles. The van der Waals surface area contributed by atoms with Crippen molar-refractivity contribution >= 4 is 53.7 Å². The Morgan fingerprint density at radius 3 is 2.89 bits per heavy atom. The number of rotatable bonds is 2. The number of morpholine rings is 1. The molecule has 2 rings (SSSR count). The third-order valence-corrected chi connectivity index (χ3v) is 4.63. The topological polar surface area (TPSA) is 29.5 Å². The molecule has 1 unspecified atom stereocenters. The lowest BCUT2D eigenvalue weighted by atomic mass is 10.2. The second-order valence-corrected chi connectivity index (χ2v) is 6.44. The van der Waals surface area contributed by atoms with Gasteiger partial charge in [0.2, 0.25) is 0 Å². The molecule has 1 atom stereocenters. The van der Waals surface area contributed by atoms with Gasteiger partial charge in [0.05, 0.1) is 18.3 Å². The Bertz CT molecular complexity index is 453. The van der Waals surface area contributed by atoms with Crippen LogP contribution in [0.2, 0.25) is 0 Å². The second kappa shape index (κ2) is 6.50. The standard InChI is InChI=1S/C12H12Br3NO2/c13-6-9-7-16(3-4-18-9)12(17)10-2-1-8(14)5-11(10)15/h1-2,5,9H,3-4,6-7H2. The first-order valence-corrected chi connectivity index (χ1v) is 8.24. The smallest absolute Gasteiger partial charge is 0.255 e. The average molecular weight is 442 g/mol. The van der Waals surface area contributed by atoms with Gasteiger partial charge in [-0.25, -0.2) is 0 Å². The molecule has 18 heavy (non-hydrogen) atoms. The summed E-state index contributed by atoms with van der Waals surface area (Å²) in [4.78, 5) is 14.2. The molecule has 1 heterocycles. The Morgan fingerprint density at radius 2 is 2.22 bits per heavy atom. The highest BCUT2D eigenvalue weighted by molar-refractivity contribution is 9.11. The molecule has 1 saturated heterocycles. The third kappa shape index (κ3) is 3.35. The van der Waals surface area contributed by atoms with Crippen LogP contribution in [-0.4, -0.2) is 41.9 Å². The summed E-state index contributed by atoms with van der Waals surface area (Å²) in [5, 5.41) is 0.748. The first kappa shape index (κ1) is 14.5. The number of carbonyl (C=O) groups is 1. The minimum absolute atomic E-state index is 0.0450. The van der Waals surface area contributed by atoms with Gasteiger partial charge in [-0.05, 0) is 34.1 Å². The summed E-state index contributed by atoms with van der Waals surface area (Å²) in [6, 6.07) is 5.59. The molecule has 1 aliphatic heterocycles. The largest absolute Gasteiger partial charge is 0.374 e. The zero-order valence-electron chi connectivity index (χ0n) is 9.54. The quantitative estimate of drug-likeness (QED) is 0.658. The van der Waals surface area contributed by atoms with Crippen molar-refractivity contribution in [1.82, 2.24) is 4.90 Å². The van der Waals surface area contributed by atoms with Gasteiger partial charge in [0.1, 0.15) is 0 Å². The van der Waals surface area contributed by atoms with E-state index in [1.807, 2.05) is 23.1 Å². The number of ether oxygens (including phenoxy) is 1. The normalized spacial score (nSPS) is 19.9. The Hall–Kier alpha value is 0.0900. The van der Waals surface area contributed by atoms with Gasteiger partial charge in [-0.15, -0.1) is 0 Å². The van der Waals surface area contributed by atoms with Gasteiger partial charge in [-0.3, -0.25) is 4.79 Å². The highest BCUT2D eigenvalue weighted by Crippen LogP contribution is 2.24. The van der Waals surface area contributed by atoms with Crippen molar-refractivity contribution in [3.05, 3.63) is 32.7 Å². The van der Waals surface area contributed by atoms with Crippen LogP contribution in [0.25, 0.3) is 0 Å². The lowest BCUT2D eigenvalue weighted by Gasteiger charge is -2.32. The van der Waals surface area contributed by atoms with E-state index < -0.39 is 0 Å². The summed E-state index contributed by atoms with van der Waals surface area (Å²) in [7, 11) is 0. The van der Waals surface area contributed by atoms with E-state index in [4.69, 9.17) is 4.74 Å². The number of hydrogen-bond donors (Lipinski definition) is 0. The van der Waals surface area contributed by atoms with Crippen molar-refractivity contribution in [2.45, 2.75) is 6.10 Å². The minimum atomic E-state index is 0.0450. The van der Waals surface area contributed by atoms with E-state index in [9.17, 15) is 4.79 Å². The van der Waals surface area contributed by atoms with Gasteiger partial charge in [0.25, 0.3) is 5.91 Å². The fourth-order valence-electron chi connectivity index (χ4n) is 1.83. The van der Waals surface area contributed by atoms with Crippen LogP contribution in [0, 0.1) is 0 Å². The Kier molecular flexibility index (Phi) is 5.24. The van der Waals surface area contributed by atoms with E-state index in [0.717, 1.165) is 14.3 Å². The molecule has 1 aromatic rings. The molecule has 0 aromatic heterocycles. The van der Waals surface area contributed by atoms with Crippen LogP contribution in [0.1, 0.15) is 10.4 Å². The van der Waals surface area contributed by atoms with Crippen LogP contribution < -0.4 is 0 Å². The summed E-state index contributed by atoms with van der Waals surface area (Å²) in [6.45, 7) is 1.87. The van der Waals surface area contributed by atoms with Gasteiger partial charge >= 0.3 is 0 Å². The lowest BCUT2D eigenvalue weighted by Crippen LogP contribution is -2.46. The third-order valence-electron chi connectivity index (χ3n) is 2.76. The number of amides is 1. The van der Waals surface area contributed by atoms with E-state index in [1.165, 1.54) is 0 Å². The van der Waals surface area contributed by atoms with Gasteiger partial charge in [-0.1, -0.05) is 31.9 Å². The molecule has 0 radical (unpaired) electrons. The van der Waals surface area contributed by atoms with Crippen LogP contribution in [0.5, 0.6) is 0 Å². The van der Waals surface area contributed by atoms with Crippen molar-refractivity contribution in [3.63, 3.8) is 0 Å². The molecule has 1 aliphatic rings. The Morgan fingerprint density at radius 1 is 1.44 bits per heavy atom. The maximum atomic E-state index is 12.4. The summed E-state index contributed by atoms with van der Waals surface area (Å²) in [6.07, 6.45) is 0.0805. The van der Waals surface area contributed by atoms with E-state index in [1.54, 1.807) is 0 Å². The Labute approximate surface area is 131 Å².